The second kappa shape index (κ2) is 6.08. The molecule has 1 aromatic carbocycles. The molecule has 2 aromatic heterocycles. The molecule has 0 aliphatic heterocycles. The topological polar surface area (TPSA) is 84.8 Å². The lowest BCUT2D eigenvalue weighted by Gasteiger charge is -2.06. The second-order valence-electron chi connectivity index (χ2n) is 5.94. The third kappa shape index (κ3) is 2.88. The smallest absolute Gasteiger partial charge is 0.261 e. The fraction of sp³-hybridized carbons (Fsp3) is 0.222. The number of fused-ring (bicyclic) bond motifs is 1. The highest BCUT2D eigenvalue weighted by atomic mass is 19.1. The van der Waals surface area contributed by atoms with E-state index in [-0.39, 0.29) is 29.0 Å². The van der Waals surface area contributed by atoms with Crippen LogP contribution in [0, 0.1) is 19.7 Å². The SMILES string of the molecule is CC(=O)c1c(C)[nH]c(C(=O)Cn2cnc3cc(F)ccc3c2=O)c1C. The van der Waals surface area contributed by atoms with Crippen LogP contribution < -0.4 is 5.56 Å². The summed E-state index contributed by atoms with van der Waals surface area (Å²) < 4.78 is 14.4. The summed E-state index contributed by atoms with van der Waals surface area (Å²) in [6, 6.07) is 3.69. The van der Waals surface area contributed by atoms with Gasteiger partial charge >= 0.3 is 0 Å². The number of carbonyl (C=O) groups is 2. The molecule has 0 saturated carbocycles. The van der Waals surface area contributed by atoms with Crippen molar-refractivity contribution in [2.75, 3.05) is 0 Å². The summed E-state index contributed by atoms with van der Waals surface area (Å²) in [4.78, 5) is 43.7. The van der Waals surface area contributed by atoms with Gasteiger partial charge < -0.3 is 4.98 Å². The molecule has 0 unspecified atom stereocenters. The Bertz CT molecular complexity index is 1080. The Morgan fingerprint density at radius 3 is 2.64 bits per heavy atom. The molecule has 1 N–H and O–H groups in total. The van der Waals surface area contributed by atoms with Gasteiger partial charge in [-0.05, 0) is 38.5 Å². The third-order valence-corrected chi connectivity index (χ3v) is 4.17. The average molecular weight is 341 g/mol. The molecular weight excluding hydrogens is 325 g/mol. The number of nitrogens with zero attached hydrogens (tertiary/aromatic N) is 2. The summed E-state index contributed by atoms with van der Waals surface area (Å²) in [5.41, 5.74) is 1.79. The molecule has 2 heterocycles. The minimum Gasteiger partial charge on any atom is -0.355 e. The second-order valence-corrected chi connectivity index (χ2v) is 5.94. The number of halogens is 1. The molecule has 6 nitrogen and oxygen atoms in total. The van der Waals surface area contributed by atoms with Crippen molar-refractivity contribution in [3.8, 4) is 0 Å². The lowest BCUT2D eigenvalue weighted by atomic mass is 10.1. The number of Topliss-reactive ketones (excluding diaryl/α,β-unsaturated/α-hetero) is 2. The first-order valence-corrected chi connectivity index (χ1v) is 7.67. The number of hydrogen-bond acceptors (Lipinski definition) is 4. The predicted octanol–water partition coefficient (Wildman–Crippen LogP) is 2.57. The van der Waals surface area contributed by atoms with Gasteiger partial charge in [0, 0.05) is 17.3 Å². The van der Waals surface area contributed by atoms with Crippen molar-refractivity contribution in [2.45, 2.75) is 27.3 Å². The van der Waals surface area contributed by atoms with E-state index in [2.05, 4.69) is 9.97 Å². The minimum absolute atomic E-state index is 0.128. The number of aryl methyl sites for hydroxylation is 1. The van der Waals surface area contributed by atoms with Gasteiger partial charge in [0.1, 0.15) is 5.82 Å². The molecule has 0 aliphatic rings. The Balaban J connectivity index is 1.99. The van der Waals surface area contributed by atoms with Crippen molar-refractivity contribution < 1.29 is 14.0 Å². The van der Waals surface area contributed by atoms with Crippen LogP contribution in [0.3, 0.4) is 0 Å². The lowest BCUT2D eigenvalue weighted by Crippen LogP contribution is -2.25. The van der Waals surface area contributed by atoms with Crippen LogP contribution in [-0.4, -0.2) is 26.1 Å². The van der Waals surface area contributed by atoms with Gasteiger partial charge in [-0.25, -0.2) is 9.37 Å². The molecule has 0 bridgehead atoms. The Labute approximate surface area is 142 Å². The number of hydrogen-bond donors (Lipinski definition) is 1. The first-order valence-electron chi connectivity index (χ1n) is 7.67. The van der Waals surface area contributed by atoms with Gasteiger partial charge in [-0.2, -0.15) is 0 Å². The number of nitrogens with one attached hydrogen (secondary N) is 1. The van der Waals surface area contributed by atoms with E-state index < -0.39 is 11.4 Å². The monoisotopic (exact) mass is 341 g/mol. The van der Waals surface area contributed by atoms with Gasteiger partial charge in [0.15, 0.2) is 11.6 Å². The van der Waals surface area contributed by atoms with Gasteiger partial charge in [0.05, 0.1) is 29.5 Å². The lowest BCUT2D eigenvalue weighted by molar-refractivity contribution is 0.0965. The van der Waals surface area contributed by atoms with E-state index in [1.807, 2.05) is 0 Å². The van der Waals surface area contributed by atoms with Crippen molar-refractivity contribution in [1.29, 1.82) is 0 Å². The van der Waals surface area contributed by atoms with Crippen molar-refractivity contribution in [1.82, 2.24) is 14.5 Å². The normalized spacial score (nSPS) is 11.0. The van der Waals surface area contributed by atoms with E-state index in [1.54, 1.807) is 13.8 Å². The van der Waals surface area contributed by atoms with E-state index in [4.69, 9.17) is 0 Å². The molecule has 3 aromatic rings. The van der Waals surface area contributed by atoms with Crippen LogP contribution in [0.5, 0.6) is 0 Å². The zero-order valence-corrected chi connectivity index (χ0v) is 14.0. The summed E-state index contributed by atoms with van der Waals surface area (Å²) in [6.07, 6.45) is 1.22. The van der Waals surface area contributed by atoms with Crippen molar-refractivity contribution in [3.63, 3.8) is 0 Å². The van der Waals surface area contributed by atoms with Crippen LogP contribution in [-0.2, 0) is 6.54 Å². The van der Waals surface area contributed by atoms with E-state index >= 15 is 0 Å². The highest BCUT2D eigenvalue weighted by molar-refractivity contribution is 6.03. The van der Waals surface area contributed by atoms with Crippen LogP contribution in [0.1, 0.15) is 39.0 Å². The largest absolute Gasteiger partial charge is 0.355 e. The maximum atomic E-state index is 13.2. The highest BCUT2D eigenvalue weighted by Crippen LogP contribution is 2.19. The maximum Gasteiger partial charge on any atom is 0.261 e. The number of carbonyl (C=O) groups excluding carboxylic acids is 2. The molecule has 3 rings (SSSR count). The van der Waals surface area contributed by atoms with Crippen molar-refractivity contribution in [2.24, 2.45) is 0 Å². The quantitative estimate of drug-likeness (QED) is 0.739. The number of benzene rings is 1. The molecule has 25 heavy (non-hydrogen) atoms. The van der Waals surface area contributed by atoms with Gasteiger partial charge in [-0.15, -0.1) is 0 Å². The van der Waals surface area contributed by atoms with Crippen molar-refractivity contribution >= 4 is 22.5 Å². The third-order valence-electron chi connectivity index (χ3n) is 4.17. The average Bonchev–Trinajstić information content (AvgIpc) is 2.84. The Morgan fingerprint density at radius 1 is 1.28 bits per heavy atom. The van der Waals surface area contributed by atoms with Crippen molar-refractivity contribution in [3.05, 3.63) is 63.2 Å². The van der Waals surface area contributed by atoms with Crippen LogP contribution >= 0.6 is 0 Å². The minimum atomic E-state index is -0.484. The molecule has 128 valence electrons. The maximum absolute atomic E-state index is 13.2. The Hall–Kier alpha value is -3.09. The predicted molar refractivity (Wildman–Crippen MR) is 90.6 cm³/mol. The molecule has 0 fully saturated rings. The Morgan fingerprint density at radius 2 is 2.00 bits per heavy atom. The summed E-state index contributed by atoms with van der Waals surface area (Å²) in [5.74, 6) is -0.946. The van der Waals surface area contributed by atoms with Gasteiger partial charge in [0.2, 0.25) is 0 Å². The van der Waals surface area contributed by atoms with E-state index in [9.17, 15) is 18.8 Å². The van der Waals surface area contributed by atoms with Gasteiger partial charge in [-0.3, -0.25) is 19.0 Å². The fourth-order valence-corrected chi connectivity index (χ4v) is 3.03. The summed E-state index contributed by atoms with van der Waals surface area (Å²) in [6.45, 7) is 4.63. The molecule has 0 spiro atoms. The molecule has 0 aliphatic carbocycles. The molecule has 0 radical (unpaired) electrons. The van der Waals surface area contributed by atoms with E-state index in [0.717, 1.165) is 0 Å². The van der Waals surface area contributed by atoms with Crippen LogP contribution in [0.15, 0.2) is 29.3 Å². The van der Waals surface area contributed by atoms with Crippen LogP contribution in [0.4, 0.5) is 4.39 Å². The highest BCUT2D eigenvalue weighted by Gasteiger charge is 2.20. The fourth-order valence-electron chi connectivity index (χ4n) is 3.03. The van der Waals surface area contributed by atoms with Crippen LogP contribution in [0.25, 0.3) is 10.9 Å². The summed E-state index contributed by atoms with van der Waals surface area (Å²) in [5, 5.41) is 0.237. The summed E-state index contributed by atoms with van der Waals surface area (Å²) in [7, 11) is 0. The molecular formula is C18H16FN3O3. The van der Waals surface area contributed by atoms with Gasteiger partial charge in [-0.1, -0.05) is 0 Å². The molecule has 7 heteroatoms. The molecule has 0 atom stereocenters. The first-order chi connectivity index (χ1) is 11.8. The number of H-pyrrole nitrogens is 1. The zero-order valence-electron chi connectivity index (χ0n) is 14.0. The zero-order chi connectivity index (χ0) is 18.3. The standard InChI is InChI=1S/C18H16FN3O3/c1-9-16(11(3)23)10(2)21-17(9)15(24)7-22-8-20-14-6-12(19)4-5-13(14)18(22)25/h4-6,8,21H,7H2,1-3H3. The number of aromatic amines is 1. The number of ketones is 2. The van der Waals surface area contributed by atoms with E-state index in [0.29, 0.717) is 22.5 Å². The van der Waals surface area contributed by atoms with Gasteiger partial charge in [0.25, 0.3) is 5.56 Å². The molecule has 0 amide bonds. The summed E-state index contributed by atoms with van der Waals surface area (Å²) >= 11 is 0. The van der Waals surface area contributed by atoms with E-state index in [1.165, 1.54) is 36.0 Å². The Kier molecular flexibility index (Phi) is 4.08. The number of rotatable bonds is 4. The first kappa shape index (κ1) is 16.8. The molecule has 0 saturated heterocycles. The number of aromatic nitrogens is 3. The van der Waals surface area contributed by atoms with Crippen LogP contribution in [0.2, 0.25) is 0 Å².